The summed E-state index contributed by atoms with van der Waals surface area (Å²) >= 11 is 0. The van der Waals surface area contributed by atoms with Gasteiger partial charge in [0.1, 0.15) is 11.2 Å². The van der Waals surface area contributed by atoms with Crippen LogP contribution in [0.5, 0.6) is 0 Å². The SMILES string of the molecule is C(=C(c1ccc(-c2ccc3c(c2)-c2ccccc2C3Cc2ccccc2)cc1)c1ccc(-c2cccc3c2-c2ccccc2C3(c2ccccc2)c2ccc(-c3cccc4c3oc3ccccc34)cc2)cc1)c1ccc(-c2ccccc2)cc1. The fourth-order valence-corrected chi connectivity index (χ4v) is 14.1. The van der Waals surface area contributed by atoms with Crippen LogP contribution in [0.25, 0.3) is 100 Å². The summed E-state index contributed by atoms with van der Waals surface area (Å²) in [5.74, 6) is 0.332. The Labute approximate surface area is 490 Å². The topological polar surface area (TPSA) is 13.1 Å². The second kappa shape index (κ2) is 20.4. The maximum absolute atomic E-state index is 6.54. The van der Waals surface area contributed by atoms with Crippen LogP contribution in [0, 0.1) is 0 Å². The van der Waals surface area contributed by atoms with E-state index in [-0.39, 0.29) is 0 Å². The zero-order valence-corrected chi connectivity index (χ0v) is 46.3. The molecule has 0 spiro atoms. The molecule has 0 fully saturated rings. The van der Waals surface area contributed by atoms with Crippen molar-refractivity contribution in [3.63, 3.8) is 0 Å². The monoisotopic (exact) mass is 1070 g/mol. The molecule has 14 aromatic rings. The molecule has 16 rings (SSSR count). The highest BCUT2D eigenvalue weighted by molar-refractivity contribution is 6.09. The molecule has 0 saturated carbocycles. The van der Waals surface area contributed by atoms with Crippen LogP contribution in [0.3, 0.4) is 0 Å². The minimum absolute atomic E-state index is 0.332. The molecule has 0 amide bonds. The Balaban J connectivity index is 0.775. The smallest absolute Gasteiger partial charge is 0.143 e. The minimum atomic E-state index is -0.569. The lowest BCUT2D eigenvalue weighted by Gasteiger charge is -2.34. The summed E-state index contributed by atoms with van der Waals surface area (Å²) < 4.78 is 6.54. The van der Waals surface area contributed by atoms with Crippen LogP contribution in [-0.2, 0) is 11.8 Å². The quantitative estimate of drug-likeness (QED) is 0.118. The predicted octanol–water partition coefficient (Wildman–Crippen LogP) is 21.6. The zero-order chi connectivity index (χ0) is 55.6. The van der Waals surface area contributed by atoms with Crippen molar-refractivity contribution in [3.8, 4) is 66.8 Å². The average molecular weight is 1070 g/mol. The number of para-hydroxylation sites is 2. The second-order valence-electron chi connectivity index (χ2n) is 22.6. The molecule has 13 aromatic carbocycles. The third-order valence-corrected chi connectivity index (χ3v) is 18.0. The van der Waals surface area contributed by atoms with Crippen molar-refractivity contribution in [2.24, 2.45) is 0 Å². The molecule has 2 aliphatic carbocycles. The number of benzene rings is 13. The van der Waals surface area contributed by atoms with Gasteiger partial charge in [-0.2, -0.15) is 0 Å². The summed E-state index contributed by atoms with van der Waals surface area (Å²) in [7, 11) is 0. The van der Waals surface area contributed by atoms with Gasteiger partial charge in [-0.1, -0.05) is 303 Å². The molecule has 2 unspecified atom stereocenters. The van der Waals surface area contributed by atoms with Crippen molar-refractivity contribution in [3.05, 3.63) is 371 Å². The molecule has 0 saturated heterocycles. The van der Waals surface area contributed by atoms with Crippen LogP contribution in [0.15, 0.2) is 320 Å². The molecule has 0 N–H and O–H groups in total. The van der Waals surface area contributed by atoms with Crippen molar-refractivity contribution in [2.45, 2.75) is 17.8 Å². The largest absolute Gasteiger partial charge is 0.455 e. The highest BCUT2D eigenvalue weighted by Gasteiger charge is 2.47. The van der Waals surface area contributed by atoms with Gasteiger partial charge in [0, 0.05) is 22.3 Å². The molecule has 394 valence electrons. The van der Waals surface area contributed by atoms with Crippen LogP contribution >= 0.6 is 0 Å². The van der Waals surface area contributed by atoms with Crippen LogP contribution in [0.1, 0.15) is 61.6 Å². The van der Waals surface area contributed by atoms with Gasteiger partial charge >= 0.3 is 0 Å². The van der Waals surface area contributed by atoms with E-state index in [0.29, 0.717) is 5.92 Å². The zero-order valence-electron chi connectivity index (χ0n) is 46.3. The third kappa shape index (κ3) is 8.23. The molecule has 0 aliphatic heterocycles. The van der Waals surface area contributed by atoms with Crippen LogP contribution in [0.2, 0.25) is 0 Å². The van der Waals surface area contributed by atoms with E-state index >= 15 is 0 Å². The van der Waals surface area contributed by atoms with Gasteiger partial charge < -0.3 is 4.42 Å². The molecule has 1 heteroatoms. The van der Waals surface area contributed by atoms with Gasteiger partial charge in [0.25, 0.3) is 0 Å². The Bertz CT molecular complexity index is 4800. The molecule has 0 radical (unpaired) electrons. The highest BCUT2D eigenvalue weighted by Crippen LogP contribution is 2.58. The van der Waals surface area contributed by atoms with Crippen LogP contribution in [-0.4, -0.2) is 0 Å². The van der Waals surface area contributed by atoms with Gasteiger partial charge in [-0.05, 0) is 147 Å². The molecule has 1 aromatic heterocycles. The van der Waals surface area contributed by atoms with E-state index in [4.69, 9.17) is 4.42 Å². The highest BCUT2D eigenvalue weighted by atomic mass is 16.3. The van der Waals surface area contributed by atoms with E-state index in [9.17, 15) is 0 Å². The van der Waals surface area contributed by atoms with E-state index in [0.717, 1.165) is 56.2 Å². The first-order valence-electron chi connectivity index (χ1n) is 29.3. The Hall–Kier alpha value is -10.6. The lowest BCUT2D eigenvalue weighted by molar-refractivity contribution is 0.670. The Morgan fingerprint density at radius 1 is 0.345 bits per heavy atom. The van der Waals surface area contributed by atoms with E-state index in [1.807, 2.05) is 6.07 Å². The summed E-state index contributed by atoms with van der Waals surface area (Å²) in [6, 6.07) is 116. The van der Waals surface area contributed by atoms with E-state index < -0.39 is 5.41 Å². The minimum Gasteiger partial charge on any atom is -0.455 e. The van der Waals surface area contributed by atoms with E-state index in [1.165, 1.54) is 100 Å². The van der Waals surface area contributed by atoms with E-state index in [2.05, 4.69) is 315 Å². The summed E-state index contributed by atoms with van der Waals surface area (Å²) in [4.78, 5) is 0. The van der Waals surface area contributed by atoms with Crippen molar-refractivity contribution in [1.29, 1.82) is 0 Å². The lowest BCUT2D eigenvalue weighted by Crippen LogP contribution is -2.28. The first-order chi connectivity index (χ1) is 41.6. The molecule has 0 bridgehead atoms. The Morgan fingerprint density at radius 2 is 0.857 bits per heavy atom. The number of furan rings is 1. The molecule has 2 aliphatic rings. The summed E-state index contributed by atoms with van der Waals surface area (Å²) in [5.41, 5.74) is 29.8. The van der Waals surface area contributed by atoms with Crippen molar-refractivity contribution >= 4 is 33.6 Å². The van der Waals surface area contributed by atoms with E-state index in [1.54, 1.807) is 0 Å². The maximum atomic E-state index is 6.54. The van der Waals surface area contributed by atoms with Gasteiger partial charge in [0.2, 0.25) is 0 Å². The predicted molar refractivity (Wildman–Crippen MR) is 350 cm³/mol. The Kier molecular flexibility index (Phi) is 12.0. The maximum Gasteiger partial charge on any atom is 0.143 e. The van der Waals surface area contributed by atoms with Crippen molar-refractivity contribution < 1.29 is 4.42 Å². The molecule has 1 nitrogen and oxygen atoms in total. The third-order valence-electron chi connectivity index (χ3n) is 18.0. The van der Waals surface area contributed by atoms with Gasteiger partial charge in [-0.15, -0.1) is 0 Å². The molecule has 84 heavy (non-hydrogen) atoms. The second-order valence-corrected chi connectivity index (χ2v) is 22.6. The summed E-state index contributed by atoms with van der Waals surface area (Å²) in [5, 5.41) is 2.27. The van der Waals surface area contributed by atoms with Crippen LogP contribution < -0.4 is 0 Å². The molecule has 1 heterocycles. The first kappa shape index (κ1) is 49.2. The fourth-order valence-electron chi connectivity index (χ4n) is 14.1. The number of hydrogen-bond acceptors (Lipinski definition) is 1. The van der Waals surface area contributed by atoms with Gasteiger partial charge in [-0.25, -0.2) is 0 Å². The van der Waals surface area contributed by atoms with Crippen LogP contribution in [0.4, 0.5) is 0 Å². The van der Waals surface area contributed by atoms with Crippen molar-refractivity contribution in [2.75, 3.05) is 0 Å². The molecule has 2 atom stereocenters. The van der Waals surface area contributed by atoms with Gasteiger partial charge in [0.05, 0.1) is 5.41 Å². The summed E-state index contributed by atoms with van der Waals surface area (Å²) in [6.45, 7) is 0. The number of fused-ring (bicyclic) bond motifs is 9. The normalized spacial score (nSPS) is 15.0. The first-order valence-corrected chi connectivity index (χ1v) is 29.3. The number of hydrogen-bond donors (Lipinski definition) is 0. The lowest BCUT2D eigenvalue weighted by atomic mass is 9.67. The number of rotatable bonds is 11. The Morgan fingerprint density at radius 3 is 1.63 bits per heavy atom. The fraction of sp³-hybridized carbons (Fsp3) is 0.0361. The standard InChI is InChI=1S/C83H56O/c1-4-18-55(19-5-1)53-76-69-24-10-11-25-70(69)77-54-64(48-51-71(76)77)59-38-40-62(41-39-59)75(52-56-34-36-58(37-35-56)57-20-6-2-7-21-57)63-44-42-60(43-45-63)67-28-17-32-79-81(67)74-27-12-14-31-78(74)83(79,65-22-8-3-9-23-65)66-49-46-61(47-50-66)68-29-16-30-73-72-26-13-15-33-80(72)84-82(68)73/h1-52,54,76H,53H2. The van der Waals surface area contributed by atoms with Gasteiger partial charge in [0.15, 0.2) is 0 Å². The average Bonchev–Trinajstić information content (AvgIpc) is 1.70. The molecular formula is C83H56O. The van der Waals surface area contributed by atoms with Gasteiger partial charge in [-0.3, -0.25) is 0 Å². The molecular weight excluding hydrogens is 1010 g/mol. The van der Waals surface area contributed by atoms with Crippen molar-refractivity contribution in [1.82, 2.24) is 0 Å². The summed E-state index contributed by atoms with van der Waals surface area (Å²) in [6.07, 6.45) is 3.34.